The molecule has 0 spiro atoms. The van der Waals surface area contributed by atoms with E-state index in [2.05, 4.69) is 30.3 Å². The smallest absolute Gasteiger partial charge is 0.0948 e. The van der Waals surface area contributed by atoms with E-state index in [1.165, 1.54) is 0 Å². The number of rotatable bonds is 3. The van der Waals surface area contributed by atoms with Gasteiger partial charge in [0.2, 0.25) is 0 Å². The monoisotopic (exact) mass is 237 g/mol. The molecule has 2 heterocycles. The quantitative estimate of drug-likeness (QED) is 0.874. The Morgan fingerprint density at radius 3 is 2.94 bits per heavy atom. The minimum atomic E-state index is 0.0438. The van der Waals surface area contributed by atoms with Crippen molar-refractivity contribution < 1.29 is 4.74 Å². The highest BCUT2D eigenvalue weighted by Gasteiger charge is 2.27. The van der Waals surface area contributed by atoms with Crippen LogP contribution in [0.4, 0.5) is 0 Å². The number of aromatic nitrogens is 2. The lowest BCUT2D eigenvalue weighted by Crippen LogP contribution is -2.26. The van der Waals surface area contributed by atoms with Crippen molar-refractivity contribution in [3.8, 4) is 0 Å². The largest absolute Gasteiger partial charge is 0.381 e. The third-order valence-electron chi connectivity index (χ3n) is 3.20. The fourth-order valence-electron chi connectivity index (χ4n) is 2.33. The van der Waals surface area contributed by atoms with Gasteiger partial charge < -0.3 is 15.0 Å². The molecule has 0 radical (unpaired) electrons. The van der Waals surface area contributed by atoms with Crippen LogP contribution in [-0.2, 0) is 11.3 Å². The Morgan fingerprint density at radius 2 is 2.35 bits per heavy atom. The molecule has 0 aromatic carbocycles. The molecule has 0 saturated carbocycles. The van der Waals surface area contributed by atoms with Crippen molar-refractivity contribution in [2.24, 2.45) is 17.1 Å². The van der Waals surface area contributed by atoms with Gasteiger partial charge in [-0.3, -0.25) is 0 Å². The van der Waals surface area contributed by atoms with Crippen LogP contribution in [0.2, 0.25) is 0 Å². The highest BCUT2D eigenvalue weighted by atomic mass is 16.5. The van der Waals surface area contributed by atoms with E-state index >= 15 is 0 Å². The summed E-state index contributed by atoms with van der Waals surface area (Å²) in [6, 6.07) is 0.0438. The SMILES string of the molecule is CC(C)(C)Cn1cncc1C(N)C1CCOC1. The molecule has 1 aromatic heterocycles. The maximum atomic E-state index is 6.32. The van der Waals surface area contributed by atoms with E-state index in [0.29, 0.717) is 5.92 Å². The second-order valence-corrected chi connectivity index (χ2v) is 6.16. The molecule has 96 valence electrons. The Kier molecular flexibility index (Phi) is 3.54. The maximum Gasteiger partial charge on any atom is 0.0948 e. The molecule has 1 aliphatic rings. The third kappa shape index (κ3) is 3.07. The molecule has 2 atom stereocenters. The number of hydrogen-bond donors (Lipinski definition) is 1. The zero-order chi connectivity index (χ0) is 12.5. The lowest BCUT2D eigenvalue weighted by Gasteiger charge is -2.24. The van der Waals surface area contributed by atoms with E-state index in [1.54, 1.807) is 0 Å². The first-order valence-corrected chi connectivity index (χ1v) is 6.31. The third-order valence-corrected chi connectivity index (χ3v) is 3.20. The summed E-state index contributed by atoms with van der Waals surface area (Å²) in [6.07, 6.45) is 4.84. The second kappa shape index (κ2) is 4.78. The van der Waals surface area contributed by atoms with Gasteiger partial charge in [0.15, 0.2) is 0 Å². The molecule has 0 aliphatic carbocycles. The molecular formula is C13H23N3O. The van der Waals surface area contributed by atoms with E-state index in [0.717, 1.165) is 31.9 Å². The van der Waals surface area contributed by atoms with Gasteiger partial charge in [0.1, 0.15) is 0 Å². The Morgan fingerprint density at radius 1 is 1.59 bits per heavy atom. The van der Waals surface area contributed by atoms with Gasteiger partial charge in [-0.05, 0) is 11.8 Å². The molecule has 0 amide bonds. The van der Waals surface area contributed by atoms with Crippen molar-refractivity contribution in [1.82, 2.24) is 9.55 Å². The molecule has 4 heteroatoms. The number of imidazole rings is 1. The van der Waals surface area contributed by atoms with Crippen LogP contribution in [0.1, 0.15) is 38.9 Å². The zero-order valence-electron chi connectivity index (χ0n) is 11.0. The highest BCUT2D eigenvalue weighted by molar-refractivity contribution is 5.07. The summed E-state index contributed by atoms with van der Waals surface area (Å²) in [5.41, 5.74) is 7.70. The van der Waals surface area contributed by atoms with E-state index in [1.807, 2.05) is 12.5 Å². The van der Waals surface area contributed by atoms with Crippen LogP contribution in [0.25, 0.3) is 0 Å². The van der Waals surface area contributed by atoms with Crippen LogP contribution in [0.5, 0.6) is 0 Å². The van der Waals surface area contributed by atoms with Crippen LogP contribution in [0.15, 0.2) is 12.5 Å². The number of ether oxygens (including phenoxy) is 1. The van der Waals surface area contributed by atoms with Crippen molar-refractivity contribution in [3.05, 3.63) is 18.2 Å². The maximum absolute atomic E-state index is 6.32. The van der Waals surface area contributed by atoms with Gasteiger partial charge in [-0.2, -0.15) is 0 Å². The Labute approximate surface area is 103 Å². The molecule has 2 rings (SSSR count). The summed E-state index contributed by atoms with van der Waals surface area (Å²) in [7, 11) is 0. The normalized spacial score (nSPS) is 22.9. The lowest BCUT2D eigenvalue weighted by molar-refractivity contribution is 0.180. The van der Waals surface area contributed by atoms with Crippen molar-refractivity contribution in [1.29, 1.82) is 0 Å². The second-order valence-electron chi connectivity index (χ2n) is 6.16. The van der Waals surface area contributed by atoms with Gasteiger partial charge in [0, 0.05) is 25.3 Å². The van der Waals surface area contributed by atoms with Crippen LogP contribution < -0.4 is 5.73 Å². The molecule has 1 aromatic rings. The molecule has 1 saturated heterocycles. The first kappa shape index (κ1) is 12.6. The molecule has 0 bridgehead atoms. The van der Waals surface area contributed by atoms with Crippen LogP contribution in [-0.4, -0.2) is 22.8 Å². The van der Waals surface area contributed by atoms with Gasteiger partial charge in [0.05, 0.1) is 24.7 Å². The summed E-state index contributed by atoms with van der Waals surface area (Å²) in [6.45, 7) is 9.24. The molecule has 4 nitrogen and oxygen atoms in total. The summed E-state index contributed by atoms with van der Waals surface area (Å²) in [4.78, 5) is 4.24. The Bertz CT molecular complexity index is 361. The number of nitrogens with zero attached hydrogens (tertiary/aromatic N) is 2. The first-order chi connectivity index (χ1) is 7.97. The molecule has 17 heavy (non-hydrogen) atoms. The average molecular weight is 237 g/mol. The van der Waals surface area contributed by atoms with Crippen LogP contribution in [0.3, 0.4) is 0 Å². The Hall–Kier alpha value is -0.870. The van der Waals surface area contributed by atoms with Crippen LogP contribution in [0, 0.1) is 11.3 Å². The van der Waals surface area contributed by atoms with Gasteiger partial charge in [-0.25, -0.2) is 4.98 Å². The van der Waals surface area contributed by atoms with Crippen molar-refractivity contribution in [3.63, 3.8) is 0 Å². The van der Waals surface area contributed by atoms with E-state index in [-0.39, 0.29) is 11.5 Å². The minimum Gasteiger partial charge on any atom is -0.381 e. The number of hydrogen-bond acceptors (Lipinski definition) is 3. The van der Waals surface area contributed by atoms with Gasteiger partial charge in [-0.1, -0.05) is 20.8 Å². The zero-order valence-corrected chi connectivity index (χ0v) is 11.0. The van der Waals surface area contributed by atoms with Crippen molar-refractivity contribution in [2.75, 3.05) is 13.2 Å². The minimum absolute atomic E-state index is 0.0438. The number of nitrogens with two attached hydrogens (primary N) is 1. The van der Waals surface area contributed by atoms with E-state index in [9.17, 15) is 0 Å². The average Bonchev–Trinajstić information content (AvgIpc) is 2.83. The van der Waals surface area contributed by atoms with E-state index < -0.39 is 0 Å². The van der Waals surface area contributed by atoms with Gasteiger partial charge in [-0.15, -0.1) is 0 Å². The van der Waals surface area contributed by atoms with Crippen LogP contribution >= 0.6 is 0 Å². The molecule has 2 N–H and O–H groups in total. The topological polar surface area (TPSA) is 53.1 Å². The highest BCUT2D eigenvalue weighted by Crippen LogP contribution is 2.28. The molecule has 1 aliphatic heterocycles. The van der Waals surface area contributed by atoms with Crippen molar-refractivity contribution in [2.45, 2.75) is 39.8 Å². The predicted octanol–water partition coefficient (Wildman–Crippen LogP) is 1.97. The van der Waals surface area contributed by atoms with Crippen molar-refractivity contribution >= 4 is 0 Å². The fourth-order valence-corrected chi connectivity index (χ4v) is 2.33. The summed E-state index contributed by atoms with van der Waals surface area (Å²) < 4.78 is 7.59. The fraction of sp³-hybridized carbons (Fsp3) is 0.769. The molecule has 2 unspecified atom stereocenters. The predicted molar refractivity (Wildman–Crippen MR) is 67.5 cm³/mol. The molecular weight excluding hydrogens is 214 g/mol. The lowest BCUT2D eigenvalue weighted by atomic mass is 9.94. The Balaban J connectivity index is 2.12. The summed E-state index contributed by atoms with van der Waals surface area (Å²) in [5, 5.41) is 0. The summed E-state index contributed by atoms with van der Waals surface area (Å²) >= 11 is 0. The first-order valence-electron chi connectivity index (χ1n) is 6.31. The van der Waals surface area contributed by atoms with Gasteiger partial charge >= 0.3 is 0 Å². The van der Waals surface area contributed by atoms with E-state index in [4.69, 9.17) is 10.5 Å². The standard InChI is InChI=1S/C13H23N3O/c1-13(2,3)8-16-9-15-6-11(16)12(14)10-4-5-17-7-10/h6,9-10,12H,4-5,7-8,14H2,1-3H3. The molecule has 1 fully saturated rings. The summed E-state index contributed by atoms with van der Waals surface area (Å²) in [5.74, 6) is 0.436. The van der Waals surface area contributed by atoms with Gasteiger partial charge in [0.25, 0.3) is 0 Å².